The molecule has 0 saturated carbocycles. The summed E-state index contributed by atoms with van der Waals surface area (Å²) >= 11 is 3.18. The van der Waals surface area contributed by atoms with Crippen LogP contribution >= 0.6 is 15.9 Å². The summed E-state index contributed by atoms with van der Waals surface area (Å²) in [6.45, 7) is 0. The Labute approximate surface area is 124 Å². The molecule has 1 N–H and O–H groups in total. The fourth-order valence-corrected chi connectivity index (χ4v) is 2.13. The second kappa shape index (κ2) is 6.34. The normalized spacial score (nSPS) is 10.1. The van der Waals surface area contributed by atoms with Crippen molar-refractivity contribution in [2.75, 3.05) is 5.32 Å². The van der Waals surface area contributed by atoms with Gasteiger partial charge in [-0.15, -0.1) is 0 Å². The van der Waals surface area contributed by atoms with Crippen LogP contribution in [0.25, 0.3) is 0 Å². The Bertz CT molecular complexity index is 641. The Morgan fingerprint density at radius 2 is 1.80 bits per heavy atom. The maximum Gasteiger partial charge on any atom is 0.228 e. The number of nitrogens with one attached hydrogen (secondary N) is 1. The molecular formula is C15H11BrNO3-. The quantitative estimate of drug-likeness (QED) is 0.930. The molecule has 2 aromatic rings. The van der Waals surface area contributed by atoms with E-state index in [0.717, 1.165) is 5.56 Å². The lowest BCUT2D eigenvalue weighted by molar-refractivity contribution is -0.254. The topological polar surface area (TPSA) is 69.2 Å². The summed E-state index contributed by atoms with van der Waals surface area (Å²) in [7, 11) is 0. The van der Waals surface area contributed by atoms with Gasteiger partial charge in [0.15, 0.2) is 0 Å². The van der Waals surface area contributed by atoms with Crippen LogP contribution in [0.15, 0.2) is 53.0 Å². The summed E-state index contributed by atoms with van der Waals surface area (Å²) in [5, 5.41) is 13.6. The highest BCUT2D eigenvalue weighted by Crippen LogP contribution is 2.20. The van der Waals surface area contributed by atoms with E-state index in [-0.39, 0.29) is 23.6 Å². The van der Waals surface area contributed by atoms with E-state index >= 15 is 0 Å². The van der Waals surface area contributed by atoms with Crippen molar-refractivity contribution >= 4 is 33.5 Å². The number of halogens is 1. The highest BCUT2D eigenvalue weighted by molar-refractivity contribution is 9.10. The molecule has 0 aliphatic rings. The fourth-order valence-electron chi connectivity index (χ4n) is 1.77. The maximum absolute atomic E-state index is 11.9. The van der Waals surface area contributed by atoms with Gasteiger partial charge in [0.1, 0.15) is 0 Å². The molecule has 2 aromatic carbocycles. The number of carboxylic acid groups (broad SMARTS) is 1. The number of anilines is 1. The van der Waals surface area contributed by atoms with E-state index in [1.807, 2.05) is 30.3 Å². The van der Waals surface area contributed by atoms with Gasteiger partial charge in [-0.25, -0.2) is 0 Å². The molecule has 2 rings (SSSR count). The average Bonchev–Trinajstić information content (AvgIpc) is 2.41. The van der Waals surface area contributed by atoms with Gasteiger partial charge >= 0.3 is 0 Å². The molecule has 5 heteroatoms. The molecule has 0 spiro atoms. The molecule has 0 radical (unpaired) electrons. The van der Waals surface area contributed by atoms with Crippen LogP contribution in [0.1, 0.15) is 15.9 Å². The van der Waals surface area contributed by atoms with Crippen LogP contribution in [-0.2, 0) is 11.2 Å². The van der Waals surface area contributed by atoms with Crippen LogP contribution < -0.4 is 10.4 Å². The second-order valence-corrected chi connectivity index (χ2v) is 5.10. The summed E-state index contributed by atoms with van der Waals surface area (Å²) in [5.74, 6) is -1.61. The van der Waals surface area contributed by atoms with E-state index in [9.17, 15) is 14.7 Å². The van der Waals surface area contributed by atoms with Crippen LogP contribution in [0, 0.1) is 0 Å². The molecule has 0 bridgehead atoms. The van der Waals surface area contributed by atoms with Crippen molar-refractivity contribution in [1.29, 1.82) is 0 Å². The first kappa shape index (κ1) is 14.3. The van der Waals surface area contributed by atoms with Gasteiger partial charge in [-0.1, -0.05) is 46.3 Å². The van der Waals surface area contributed by atoms with Crippen molar-refractivity contribution in [3.63, 3.8) is 0 Å². The molecule has 0 aliphatic carbocycles. The first-order valence-electron chi connectivity index (χ1n) is 5.91. The zero-order valence-electron chi connectivity index (χ0n) is 10.4. The molecule has 0 unspecified atom stereocenters. The Morgan fingerprint density at radius 1 is 1.10 bits per heavy atom. The number of carbonyl (C=O) groups excluding carboxylic acids is 2. The lowest BCUT2D eigenvalue weighted by atomic mass is 10.1. The van der Waals surface area contributed by atoms with E-state index in [1.54, 1.807) is 6.07 Å². The highest BCUT2D eigenvalue weighted by Gasteiger charge is 2.09. The number of carbonyl (C=O) groups is 2. The third-order valence-corrected chi connectivity index (χ3v) is 3.18. The molecule has 0 heterocycles. The van der Waals surface area contributed by atoms with Gasteiger partial charge in [-0.05, 0) is 23.8 Å². The van der Waals surface area contributed by atoms with E-state index in [4.69, 9.17) is 0 Å². The number of benzene rings is 2. The minimum Gasteiger partial charge on any atom is -0.545 e. The van der Waals surface area contributed by atoms with E-state index < -0.39 is 5.97 Å². The van der Waals surface area contributed by atoms with Crippen LogP contribution in [0.2, 0.25) is 0 Å². The summed E-state index contributed by atoms with van der Waals surface area (Å²) in [6.07, 6.45) is 0.184. The number of amides is 1. The lowest BCUT2D eigenvalue weighted by Crippen LogP contribution is -2.25. The molecule has 20 heavy (non-hydrogen) atoms. The molecule has 0 atom stereocenters. The molecule has 0 aromatic heterocycles. The van der Waals surface area contributed by atoms with Crippen molar-refractivity contribution in [2.45, 2.75) is 6.42 Å². The Balaban J connectivity index is 2.14. The summed E-state index contributed by atoms with van der Waals surface area (Å²) in [6, 6.07) is 13.8. The Hall–Kier alpha value is -2.14. The number of aromatic carboxylic acids is 1. The lowest BCUT2D eigenvalue weighted by Gasteiger charge is -2.12. The largest absolute Gasteiger partial charge is 0.545 e. The van der Waals surface area contributed by atoms with E-state index in [1.165, 1.54) is 12.1 Å². The summed E-state index contributed by atoms with van der Waals surface area (Å²) < 4.78 is 0.609. The van der Waals surface area contributed by atoms with Crippen LogP contribution in [0.3, 0.4) is 0 Å². The molecule has 0 fully saturated rings. The van der Waals surface area contributed by atoms with E-state index in [0.29, 0.717) is 4.47 Å². The van der Waals surface area contributed by atoms with E-state index in [2.05, 4.69) is 21.2 Å². The van der Waals surface area contributed by atoms with Crippen molar-refractivity contribution in [3.8, 4) is 0 Å². The smallest absolute Gasteiger partial charge is 0.228 e. The van der Waals surface area contributed by atoms with Gasteiger partial charge < -0.3 is 15.2 Å². The number of rotatable bonds is 4. The van der Waals surface area contributed by atoms with Crippen LogP contribution in [-0.4, -0.2) is 11.9 Å². The minimum atomic E-state index is -1.33. The minimum absolute atomic E-state index is 0.0548. The number of carboxylic acids is 1. The monoisotopic (exact) mass is 332 g/mol. The zero-order valence-corrected chi connectivity index (χ0v) is 12.0. The fraction of sp³-hybridized carbons (Fsp3) is 0.0667. The van der Waals surface area contributed by atoms with Crippen LogP contribution in [0.4, 0.5) is 5.69 Å². The van der Waals surface area contributed by atoms with Crippen molar-refractivity contribution in [1.82, 2.24) is 0 Å². The highest BCUT2D eigenvalue weighted by atomic mass is 79.9. The molecule has 102 valence electrons. The molecule has 1 amide bonds. The van der Waals surface area contributed by atoms with Crippen molar-refractivity contribution in [2.24, 2.45) is 0 Å². The number of hydrogen-bond donors (Lipinski definition) is 1. The molecular weight excluding hydrogens is 322 g/mol. The first-order valence-corrected chi connectivity index (χ1v) is 6.70. The summed E-state index contributed by atoms with van der Waals surface area (Å²) in [4.78, 5) is 22.9. The number of hydrogen-bond acceptors (Lipinski definition) is 3. The van der Waals surface area contributed by atoms with Gasteiger partial charge in [0, 0.05) is 15.7 Å². The van der Waals surface area contributed by atoms with Gasteiger partial charge in [0.2, 0.25) is 5.91 Å². The third-order valence-electron chi connectivity index (χ3n) is 2.68. The SMILES string of the molecule is O=C(Cc1ccccc1)Nc1ccc(Br)cc1C(=O)[O-]. The summed E-state index contributed by atoms with van der Waals surface area (Å²) in [5.41, 5.74) is 1.03. The first-order chi connectivity index (χ1) is 9.56. The van der Waals surface area contributed by atoms with Gasteiger partial charge in [-0.2, -0.15) is 0 Å². The van der Waals surface area contributed by atoms with Crippen molar-refractivity contribution < 1.29 is 14.7 Å². The standard InChI is InChI=1S/C15H12BrNO3/c16-11-6-7-13(12(9-11)15(19)20)17-14(18)8-10-4-2-1-3-5-10/h1-7,9H,8H2,(H,17,18)(H,19,20)/p-1. The molecule has 0 aliphatic heterocycles. The maximum atomic E-state index is 11.9. The second-order valence-electron chi connectivity index (χ2n) is 4.19. The Morgan fingerprint density at radius 3 is 2.45 bits per heavy atom. The zero-order chi connectivity index (χ0) is 14.5. The molecule has 4 nitrogen and oxygen atoms in total. The van der Waals surface area contributed by atoms with Gasteiger partial charge in [-0.3, -0.25) is 4.79 Å². The average molecular weight is 333 g/mol. The predicted molar refractivity (Wildman–Crippen MR) is 77.2 cm³/mol. The van der Waals surface area contributed by atoms with Gasteiger partial charge in [0.25, 0.3) is 0 Å². The Kier molecular flexibility index (Phi) is 4.53. The van der Waals surface area contributed by atoms with Crippen LogP contribution in [0.5, 0.6) is 0 Å². The van der Waals surface area contributed by atoms with Crippen molar-refractivity contribution in [3.05, 3.63) is 64.1 Å². The third kappa shape index (κ3) is 3.68. The van der Waals surface area contributed by atoms with Gasteiger partial charge in [0.05, 0.1) is 12.4 Å². The predicted octanol–water partition coefficient (Wildman–Crippen LogP) is 1.99. The molecule has 0 saturated heterocycles.